The van der Waals surface area contributed by atoms with Gasteiger partial charge in [-0.25, -0.2) is 9.55 Å². The van der Waals surface area contributed by atoms with Crippen LogP contribution in [0.1, 0.15) is 11.4 Å². The summed E-state index contributed by atoms with van der Waals surface area (Å²) in [6, 6.07) is 7.34. The van der Waals surface area contributed by atoms with Crippen molar-refractivity contribution < 1.29 is 4.92 Å². The lowest BCUT2D eigenvalue weighted by atomic mass is 10.2. The predicted molar refractivity (Wildman–Crippen MR) is 70.2 cm³/mol. The van der Waals surface area contributed by atoms with E-state index in [4.69, 9.17) is 11.6 Å². The molecule has 0 radical (unpaired) electrons. The van der Waals surface area contributed by atoms with E-state index in [2.05, 4.69) is 4.98 Å². The lowest BCUT2D eigenvalue weighted by molar-refractivity contribution is -0.391. The Hall–Kier alpha value is -2.14. The molecule has 0 fully saturated rings. The fourth-order valence-electron chi connectivity index (χ4n) is 1.51. The van der Waals surface area contributed by atoms with E-state index in [1.165, 1.54) is 10.8 Å². The molecule has 0 aliphatic carbocycles. The van der Waals surface area contributed by atoms with E-state index in [0.29, 0.717) is 10.8 Å². The predicted octanol–water partition coefficient (Wildman–Crippen LogP) is 3.15. The molecule has 18 heavy (non-hydrogen) atoms. The molecule has 1 heterocycles. The molecule has 2 rings (SSSR count). The minimum atomic E-state index is -0.472. The number of halogens is 1. The first-order chi connectivity index (χ1) is 8.59. The normalized spacial score (nSPS) is 11.0. The molecule has 0 saturated carbocycles. The summed E-state index contributed by atoms with van der Waals surface area (Å²) in [6.45, 7) is 0. The number of hydrogen-bond donors (Lipinski definition) is 0. The SMILES string of the molecule is Cn1c([N+](=O)[O-])cnc1/C=C/c1ccccc1Cl. The third-order valence-corrected chi connectivity index (χ3v) is 2.85. The fourth-order valence-corrected chi connectivity index (χ4v) is 1.71. The summed E-state index contributed by atoms with van der Waals surface area (Å²) < 4.78 is 1.41. The van der Waals surface area contributed by atoms with Crippen LogP contribution in [-0.4, -0.2) is 14.5 Å². The Morgan fingerprint density at radius 1 is 1.39 bits per heavy atom. The summed E-state index contributed by atoms with van der Waals surface area (Å²) in [5, 5.41) is 11.3. The monoisotopic (exact) mass is 263 g/mol. The van der Waals surface area contributed by atoms with Gasteiger partial charge in [0.25, 0.3) is 0 Å². The van der Waals surface area contributed by atoms with Gasteiger partial charge in [0.15, 0.2) is 0 Å². The van der Waals surface area contributed by atoms with Gasteiger partial charge in [0, 0.05) is 11.1 Å². The van der Waals surface area contributed by atoms with Gasteiger partial charge in [-0.15, -0.1) is 0 Å². The van der Waals surface area contributed by atoms with Crippen LogP contribution in [0.25, 0.3) is 12.2 Å². The number of hydrogen-bond acceptors (Lipinski definition) is 3. The number of benzene rings is 1. The van der Waals surface area contributed by atoms with Gasteiger partial charge in [0.1, 0.15) is 6.20 Å². The van der Waals surface area contributed by atoms with Crippen LogP contribution in [0.4, 0.5) is 5.82 Å². The van der Waals surface area contributed by atoms with Crippen molar-refractivity contribution in [1.29, 1.82) is 0 Å². The van der Waals surface area contributed by atoms with Crippen LogP contribution in [-0.2, 0) is 7.05 Å². The molecule has 0 aliphatic rings. The summed E-state index contributed by atoms with van der Waals surface area (Å²) in [6.07, 6.45) is 4.69. The lowest BCUT2D eigenvalue weighted by Crippen LogP contribution is -1.98. The highest BCUT2D eigenvalue weighted by Gasteiger charge is 2.13. The van der Waals surface area contributed by atoms with Crippen molar-refractivity contribution in [3.63, 3.8) is 0 Å². The molecule has 0 N–H and O–H groups in total. The van der Waals surface area contributed by atoms with Gasteiger partial charge >= 0.3 is 5.82 Å². The lowest BCUT2D eigenvalue weighted by Gasteiger charge is -1.96. The van der Waals surface area contributed by atoms with Gasteiger partial charge in [-0.2, -0.15) is 0 Å². The van der Waals surface area contributed by atoms with Crippen LogP contribution in [0.5, 0.6) is 0 Å². The standard InChI is InChI=1S/C12H10ClN3O2/c1-15-11(14-8-12(15)16(17)18)7-6-9-4-2-3-5-10(9)13/h2-8H,1H3/b7-6+. The molecule has 1 aromatic heterocycles. The first-order valence-electron chi connectivity index (χ1n) is 5.18. The van der Waals surface area contributed by atoms with E-state index < -0.39 is 4.92 Å². The minimum absolute atomic E-state index is 0.0474. The van der Waals surface area contributed by atoms with Crippen molar-refractivity contribution in [2.45, 2.75) is 0 Å². The van der Waals surface area contributed by atoms with Gasteiger partial charge in [-0.3, -0.25) is 0 Å². The summed E-state index contributed by atoms with van der Waals surface area (Å²) >= 11 is 6.00. The minimum Gasteiger partial charge on any atom is -0.358 e. The number of rotatable bonds is 3. The van der Waals surface area contributed by atoms with Gasteiger partial charge < -0.3 is 10.1 Å². The summed E-state index contributed by atoms with van der Waals surface area (Å²) in [5.74, 6) is 0.454. The van der Waals surface area contributed by atoms with E-state index in [1.807, 2.05) is 18.2 Å². The zero-order valence-corrected chi connectivity index (χ0v) is 10.3. The van der Waals surface area contributed by atoms with Gasteiger partial charge in [0.2, 0.25) is 5.82 Å². The van der Waals surface area contributed by atoms with Crippen LogP contribution < -0.4 is 0 Å². The largest absolute Gasteiger partial charge is 0.358 e. The molecule has 0 spiro atoms. The number of nitro groups is 1. The van der Waals surface area contributed by atoms with Crippen molar-refractivity contribution in [3.05, 3.63) is 57.0 Å². The second-order valence-corrected chi connectivity index (χ2v) is 4.05. The zero-order chi connectivity index (χ0) is 13.1. The van der Waals surface area contributed by atoms with Crippen molar-refractivity contribution in [1.82, 2.24) is 9.55 Å². The van der Waals surface area contributed by atoms with E-state index in [1.54, 1.807) is 25.3 Å². The van der Waals surface area contributed by atoms with Gasteiger partial charge in [0.05, 0.1) is 7.05 Å². The van der Waals surface area contributed by atoms with Crippen LogP contribution in [0.2, 0.25) is 5.02 Å². The molecule has 6 heteroatoms. The van der Waals surface area contributed by atoms with Crippen molar-refractivity contribution in [2.75, 3.05) is 0 Å². The first kappa shape index (κ1) is 12.3. The number of nitrogens with zero attached hydrogens (tertiary/aromatic N) is 3. The van der Waals surface area contributed by atoms with Crippen molar-refractivity contribution in [3.8, 4) is 0 Å². The Morgan fingerprint density at radius 2 is 2.11 bits per heavy atom. The van der Waals surface area contributed by atoms with Crippen LogP contribution >= 0.6 is 11.6 Å². The molecule has 92 valence electrons. The molecule has 0 amide bonds. The van der Waals surface area contributed by atoms with Crippen LogP contribution in [0.3, 0.4) is 0 Å². The Balaban J connectivity index is 2.30. The Morgan fingerprint density at radius 3 is 2.72 bits per heavy atom. The third kappa shape index (κ3) is 2.41. The summed E-state index contributed by atoms with van der Waals surface area (Å²) in [7, 11) is 1.59. The Bertz CT molecular complexity index is 620. The average Bonchev–Trinajstić information content (AvgIpc) is 2.70. The van der Waals surface area contributed by atoms with Gasteiger partial charge in [-0.1, -0.05) is 29.8 Å². The highest BCUT2D eigenvalue weighted by Crippen LogP contribution is 2.19. The van der Waals surface area contributed by atoms with Crippen molar-refractivity contribution >= 4 is 29.6 Å². The van der Waals surface area contributed by atoms with Gasteiger partial charge in [-0.05, 0) is 22.6 Å². The molecule has 1 aromatic carbocycles. The molecule has 5 nitrogen and oxygen atoms in total. The number of aromatic nitrogens is 2. The molecule has 0 atom stereocenters. The maximum Gasteiger partial charge on any atom is 0.342 e. The fraction of sp³-hybridized carbons (Fsp3) is 0.0833. The highest BCUT2D eigenvalue weighted by atomic mass is 35.5. The summed E-state index contributed by atoms with van der Waals surface area (Å²) in [5.41, 5.74) is 0.838. The molecular formula is C12H10ClN3O2. The first-order valence-corrected chi connectivity index (χ1v) is 5.56. The molecular weight excluding hydrogens is 254 g/mol. The zero-order valence-electron chi connectivity index (χ0n) is 9.58. The third-order valence-electron chi connectivity index (χ3n) is 2.50. The Labute approximate surface area is 108 Å². The van der Waals surface area contributed by atoms with Crippen LogP contribution in [0, 0.1) is 10.1 Å². The van der Waals surface area contributed by atoms with E-state index >= 15 is 0 Å². The topological polar surface area (TPSA) is 61.0 Å². The molecule has 0 unspecified atom stereocenters. The second kappa shape index (κ2) is 5.01. The highest BCUT2D eigenvalue weighted by molar-refractivity contribution is 6.32. The second-order valence-electron chi connectivity index (χ2n) is 3.65. The molecule has 0 bridgehead atoms. The average molecular weight is 264 g/mol. The maximum absolute atomic E-state index is 10.7. The van der Waals surface area contributed by atoms with Crippen LogP contribution in [0.15, 0.2) is 30.5 Å². The van der Waals surface area contributed by atoms with E-state index in [0.717, 1.165) is 5.56 Å². The van der Waals surface area contributed by atoms with E-state index in [9.17, 15) is 10.1 Å². The molecule has 0 saturated heterocycles. The smallest absolute Gasteiger partial charge is 0.342 e. The molecule has 2 aromatic rings. The summed E-state index contributed by atoms with van der Waals surface area (Å²) in [4.78, 5) is 14.2. The maximum atomic E-state index is 10.7. The Kier molecular flexibility index (Phi) is 3.43. The van der Waals surface area contributed by atoms with E-state index in [-0.39, 0.29) is 5.82 Å². The molecule has 0 aliphatic heterocycles. The van der Waals surface area contributed by atoms with Crippen molar-refractivity contribution in [2.24, 2.45) is 7.05 Å². The quantitative estimate of drug-likeness (QED) is 0.631. The number of imidazole rings is 1.